The van der Waals surface area contributed by atoms with Gasteiger partial charge in [-0.3, -0.25) is 10.1 Å². The lowest BCUT2D eigenvalue weighted by Gasteiger charge is -2.38. The number of hydrogen-bond donors (Lipinski definition) is 2. The van der Waals surface area contributed by atoms with E-state index in [1.165, 1.54) is 4.68 Å². The molecule has 1 fully saturated rings. The maximum Gasteiger partial charge on any atom is 0.333 e. The zero-order chi connectivity index (χ0) is 15.1. The second kappa shape index (κ2) is 4.77. The quantitative estimate of drug-likeness (QED) is 0.632. The maximum atomic E-state index is 11.4. The van der Waals surface area contributed by atoms with Gasteiger partial charge in [0.15, 0.2) is 0 Å². The number of carbonyl (C=O) groups is 1. The Hall–Kier alpha value is -2.12. The second-order valence-electron chi connectivity index (χ2n) is 5.44. The molecule has 2 N–H and O–H groups in total. The summed E-state index contributed by atoms with van der Waals surface area (Å²) in [5, 5.41) is 27.6. The van der Waals surface area contributed by atoms with Crippen molar-refractivity contribution in [1.29, 1.82) is 0 Å². The van der Waals surface area contributed by atoms with E-state index in [-0.39, 0.29) is 23.2 Å². The molecule has 1 aromatic heterocycles. The lowest BCUT2D eigenvalue weighted by Crippen LogP contribution is -2.52. The van der Waals surface area contributed by atoms with Crippen molar-refractivity contribution < 1.29 is 14.8 Å². The summed E-state index contributed by atoms with van der Waals surface area (Å²) in [5.41, 5.74) is -0.971. The van der Waals surface area contributed by atoms with Crippen LogP contribution in [0.4, 0.5) is 11.5 Å². The number of nitro groups is 1. The summed E-state index contributed by atoms with van der Waals surface area (Å²) in [6.45, 7) is 5.24. The average molecular weight is 282 g/mol. The molecule has 0 unspecified atom stereocenters. The zero-order valence-corrected chi connectivity index (χ0v) is 11.7. The predicted octanol–water partition coefficient (Wildman–Crippen LogP) is 2.10. The molecule has 0 spiro atoms. The number of anilines is 1. The first-order chi connectivity index (χ1) is 9.28. The van der Waals surface area contributed by atoms with E-state index in [0.717, 1.165) is 6.42 Å². The summed E-state index contributed by atoms with van der Waals surface area (Å²) >= 11 is 0. The van der Waals surface area contributed by atoms with Crippen LogP contribution in [0.1, 0.15) is 44.8 Å². The Morgan fingerprint density at radius 1 is 1.55 bits per heavy atom. The lowest BCUT2D eigenvalue weighted by atomic mass is 9.77. The topological polar surface area (TPSA) is 110 Å². The van der Waals surface area contributed by atoms with Gasteiger partial charge < -0.3 is 10.4 Å². The molecule has 8 heteroatoms. The molecule has 0 bridgehead atoms. The molecule has 2 rings (SSSR count). The van der Waals surface area contributed by atoms with Crippen molar-refractivity contribution in [2.75, 3.05) is 5.32 Å². The lowest BCUT2D eigenvalue weighted by molar-refractivity contribution is -0.384. The molecular weight excluding hydrogens is 264 g/mol. The van der Waals surface area contributed by atoms with Crippen LogP contribution in [0.15, 0.2) is 0 Å². The van der Waals surface area contributed by atoms with Crippen LogP contribution in [0.2, 0.25) is 0 Å². The summed E-state index contributed by atoms with van der Waals surface area (Å²) in [7, 11) is 0. The smallest absolute Gasteiger partial charge is 0.333 e. The molecule has 0 atom stereocenters. The SMILES string of the molecule is Cc1nn(C(C)C)c(NC2(C(=O)O)CCC2)c1[N+](=O)[O-]. The molecule has 0 aliphatic heterocycles. The normalized spacial score (nSPS) is 16.8. The summed E-state index contributed by atoms with van der Waals surface area (Å²) in [6.07, 6.45) is 1.71. The largest absolute Gasteiger partial charge is 0.480 e. The Morgan fingerprint density at radius 2 is 2.15 bits per heavy atom. The number of nitrogens with one attached hydrogen (secondary N) is 1. The molecule has 1 aliphatic rings. The molecule has 0 amide bonds. The highest BCUT2D eigenvalue weighted by Crippen LogP contribution is 2.40. The van der Waals surface area contributed by atoms with E-state index in [2.05, 4.69) is 10.4 Å². The molecule has 20 heavy (non-hydrogen) atoms. The van der Waals surface area contributed by atoms with Gasteiger partial charge in [-0.05, 0) is 40.0 Å². The van der Waals surface area contributed by atoms with Crippen molar-refractivity contribution in [2.45, 2.75) is 51.6 Å². The fourth-order valence-corrected chi connectivity index (χ4v) is 2.40. The van der Waals surface area contributed by atoms with Gasteiger partial charge in [0.05, 0.1) is 4.92 Å². The molecule has 1 aromatic rings. The molecule has 0 radical (unpaired) electrons. The van der Waals surface area contributed by atoms with Gasteiger partial charge in [0, 0.05) is 6.04 Å². The van der Waals surface area contributed by atoms with E-state index in [1.807, 2.05) is 13.8 Å². The van der Waals surface area contributed by atoms with E-state index in [1.54, 1.807) is 6.92 Å². The van der Waals surface area contributed by atoms with Gasteiger partial charge in [-0.1, -0.05) is 0 Å². The third kappa shape index (κ3) is 2.10. The Kier molecular flexibility index (Phi) is 3.41. The Labute approximate surface area is 115 Å². The third-order valence-electron chi connectivity index (χ3n) is 3.70. The van der Waals surface area contributed by atoms with Crippen LogP contribution in [0.25, 0.3) is 0 Å². The number of aryl methyl sites for hydroxylation is 1. The van der Waals surface area contributed by atoms with Crippen LogP contribution < -0.4 is 5.32 Å². The van der Waals surface area contributed by atoms with Crippen molar-refractivity contribution in [3.63, 3.8) is 0 Å². The Bertz CT molecular complexity index is 560. The first-order valence-electron chi connectivity index (χ1n) is 6.53. The number of carboxylic acid groups (broad SMARTS) is 1. The van der Waals surface area contributed by atoms with E-state index in [4.69, 9.17) is 0 Å². The summed E-state index contributed by atoms with van der Waals surface area (Å²) in [6, 6.07) is -0.101. The molecule has 1 heterocycles. The summed E-state index contributed by atoms with van der Waals surface area (Å²) in [5.74, 6) is -0.795. The number of aliphatic carboxylic acids is 1. The van der Waals surface area contributed by atoms with Crippen LogP contribution in [0, 0.1) is 17.0 Å². The average Bonchev–Trinajstić information content (AvgIpc) is 2.59. The molecular formula is C12H18N4O4. The molecule has 8 nitrogen and oxygen atoms in total. The molecule has 110 valence electrons. The highest BCUT2D eigenvalue weighted by Gasteiger charge is 2.46. The minimum absolute atomic E-state index is 0.101. The molecule has 0 saturated heterocycles. The summed E-state index contributed by atoms with van der Waals surface area (Å²) in [4.78, 5) is 22.1. The van der Waals surface area contributed by atoms with Crippen molar-refractivity contribution in [3.8, 4) is 0 Å². The van der Waals surface area contributed by atoms with Crippen molar-refractivity contribution >= 4 is 17.5 Å². The minimum atomic E-state index is -1.11. The van der Waals surface area contributed by atoms with E-state index in [0.29, 0.717) is 12.8 Å². The highest BCUT2D eigenvalue weighted by atomic mass is 16.6. The van der Waals surface area contributed by atoms with Crippen molar-refractivity contribution in [1.82, 2.24) is 9.78 Å². The second-order valence-corrected chi connectivity index (χ2v) is 5.44. The number of rotatable bonds is 5. The third-order valence-corrected chi connectivity index (χ3v) is 3.70. The number of aromatic nitrogens is 2. The summed E-state index contributed by atoms with van der Waals surface area (Å²) < 4.78 is 1.48. The highest BCUT2D eigenvalue weighted by molar-refractivity contribution is 5.84. The van der Waals surface area contributed by atoms with E-state index < -0.39 is 16.4 Å². The van der Waals surface area contributed by atoms with Gasteiger partial charge in [-0.15, -0.1) is 0 Å². The van der Waals surface area contributed by atoms with Crippen LogP contribution in [-0.4, -0.2) is 31.3 Å². The van der Waals surface area contributed by atoms with Crippen molar-refractivity contribution in [3.05, 3.63) is 15.8 Å². The fraction of sp³-hybridized carbons (Fsp3) is 0.667. The van der Waals surface area contributed by atoms with Gasteiger partial charge in [-0.25, -0.2) is 9.48 Å². The van der Waals surface area contributed by atoms with Gasteiger partial charge in [-0.2, -0.15) is 5.10 Å². The van der Waals surface area contributed by atoms with Crippen LogP contribution in [0.3, 0.4) is 0 Å². The standard InChI is InChI=1S/C12H18N4O4/c1-7(2)15-10(9(16(19)20)8(3)14-15)13-12(11(17)18)5-4-6-12/h7,13H,4-6H2,1-3H3,(H,17,18). The first-order valence-corrected chi connectivity index (χ1v) is 6.53. The monoisotopic (exact) mass is 282 g/mol. The molecule has 1 aliphatic carbocycles. The van der Waals surface area contributed by atoms with Gasteiger partial charge in [0.2, 0.25) is 5.82 Å². The number of carboxylic acids is 1. The molecule has 0 aromatic carbocycles. The van der Waals surface area contributed by atoms with Crippen LogP contribution in [-0.2, 0) is 4.79 Å². The van der Waals surface area contributed by atoms with Crippen LogP contribution >= 0.6 is 0 Å². The van der Waals surface area contributed by atoms with Crippen LogP contribution in [0.5, 0.6) is 0 Å². The predicted molar refractivity (Wildman–Crippen MR) is 71.8 cm³/mol. The first kappa shape index (κ1) is 14.3. The van der Waals surface area contributed by atoms with Crippen molar-refractivity contribution in [2.24, 2.45) is 0 Å². The van der Waals surface area contributed by atoms with Gasteiger partial charge >= 0.3 is 11.7 Å². The Balaban J connectivity index is 2.49. The Morgan fingerprint density at radius 3 is 2.50 bits per heavy atom. The van der Waals surface area contributed by atoms with Gasteiger partial charge in [0.25, 0.3) is 0 Å². The number of nitrogens with zero attached hydrogens (tertiary/aromatic N) is 3. The minimum Gasteiger partial charge on any atom is -0.480 e. The zero-order valence-electron chi connectivity index (χ0n) is 11.7. The maximum absolute atomic E-state index is 11.4. The molecule has 1 saturated carbocycles. The fourth-order valence-electron chi connectivity index (χ4n) is 2.40. The number of hydrogen-bond acceptors (Lipinski definition) is 5. The van der Waals surface area contributed by atoms with E-state index in [9.17, 15) is 20.0 Å². The van der Waals surface area contributed by atoms with Gasteiger partial charge in [0.1, 0.15) is 11.2 Å². The van der Waals surface area contributed by atoms with E-state index >= 15 is 0 Å².